The number of carbonyl (C=O) groups is 1. The Hall–Kier alpha value is -3.62. The molecule has 0 aliphatic rings. The first kappa shape index (κ1) is 18.7. The average molecular weight is 356 g/mol. The molecule has 9 nitrogen and oxygen atoms in total. The van der Waals surface area contributed by atoms with E-state index in [1.807, 2.05) is 24.3 Å². The van der Waals surface area contributed by atoms with Crippen molar-refractivity contribution in [3.8, 4) is 0 Å². The van der Waals surface area contributed by atoms with Gasteiger partial charge in [0.2, 0.25) is 0 Å². The van der Waals surface area contributed by atoms with Crippen LogP contribution in [0.25, 0.3) is 0 Å². The highest BCUT2D eigenvalue weighted by Crippen LogP contribution is 2.22. The van der Waals surface area contributed by atoms with Gasteiger partial charge in [0.05, 0.1) is 27.7 Å². The first-order chi connectivity index (χ1) is 12.3. The van der Waals surface area contributed by atoms with Crippen LogP contribution in [0.5, 0.6) is 0 Å². The Labute approximate surface area is 148 Å². The number of carbonyl (C=O) groups excluding carboxylic acids is 1. The Balaban J connectivity index is 2.14. The first-order valence-corrected chi connectivity index (χ1v) is 7.65. The summed E-state index contributed by atoms with van der Waals surface area (Å²) >= 11 is 0. The largest absolute Gasteiger partial charge is 0.277 e. The number of nitro benzene ring substituents is 2. The molecule has 0 saturated heterocycles. The van der Waals surface area contributed by atoms with Crippen LogP contribution in [0.1, 0.15) is 41.3 Å². The summed E-state index contributed by atoms with van der Waals surface area (Å²) in [6.07, 6.45) is 1.41. The number of amides is 1. The molecule has 0 spiro atoms. The van der Waals surface area contributed by atoms with Gasteiger partial charge >= 0.3 is 0 Å². The van der Waals surface area contributed by atoms with Crippen LogP contribution in [0.2, 0.25) is 0 Å². The second-order valence-electron chi connectivity index (χ2n) is 5.77. The number of nitrogens with zero attached hydrogens (tertiary/aromatic N) is 3. The number of benzene rings is 2. The van der Waals surface area contributed by atoms with Crippen LogP contribution >= 0.6 is 0 Å². The van der Waals surface area contributed by atoms with E-state index >= 15 is 0 Å². The van der Waals surface area contributed by atoms with E-state index < -0.39 is 27.1 Å². The number of non-ortho nitro benzene ring substituents is 2. The van der Waals surface area contributed by atoms with Gasteiger partial charge in [0.25, 0.3) is 17.3 Å². The molecule has 0 radical (unpaired) electrons. The second kappa shape index (κ2) is 7.97. The molecule has 26 heavy (non-hydrogen) atoms. The van der Waals surface area contributed by atoms with Gasteiger partial charge in [0, 0.05) is 12.1 Å². The van der Waals surface area contributed by atoms with E-state index in [1.165, 1.54) is 6.21 Å². The molecule has 0 aliphatic carbocycles. The molecule has 1 amide bonds. The van der Waals surface area contributed by atoms with Crippen molar-refractivity contribution in [2.45, 2.75) is 19.8 Å². The molecule has 2 aromatic rings. The molecule has 0 atom stereocenters. The van der Waals surface area contributed by atoms with Crippen LogP contribution < -0.4 is 5.43 Å². The van der Waals surface area contributed by atoms with Crippen LogP contribution in [0.3, 0.4) is 0 Å². The van der Waals surface area contributed by atoms with Crippen molar-refractivity contribution in [3.05, 3.63) is 79.4 Å². The average Bonchev–Trinajstić information content (AvgIpc) is 2.61. The van der Waals surface area contributed by atoms with E-state index in [1.54, 1.807) is 0 Å². The quantitative estimate of drug-likeness (QED) is 0.482. The number of rotatable bonds is 6. The number of hydrazone groups is 1. The van der Waals surface area contributed by atoms with E-state index in [9.17, 15) is 25.0 Å². The van der Waals surface area contributed by atoms with E-state index in [0.29, 0.717) is 5.92 Å². The van der Waals surface area contributed by atoms with Gasteiger partial charge in [0.1, 0.15) is 0 Å². The van der Waals surface area contributed by atoms with E-state index in [-0.39, 0.29) is 5.56 Å². The zero-order chi connectivity index (χ0) is 19.3. The molecule has 0 saturated carbocycles. The lowest BCUT2D eigenvalue weighted by atomic mass is 10.0. The molecule has 2 aromatic carbocycles. The zero-order valence-corrected chi connectivity index (χ0v) is 14.1. The van der Waals surface area contributed by atoms with Gasteiger partial charge in [-0.3, -0.25) is 25.0 Å². The molecule has 2 rings (SSSR count). The molecular weight excluding hydrogens is 340 g/mol. The summed E-state index contributed by atoms with van der Waals surface area (Å²) in [6, 6.07) is 10.3. The monoisotopic (exact) mass is 356 g/mol. The third kappa shape index (κ3) is 4.69. The Kier molecular flexibility index (Phi) is 5.74. The predicted molar refractivity (Wildman–Crippen MR) is 95.3 cm³/mol. The smallest absolute Gasteiger partial charge is 0.267 e. The lowest BCUT2D eigenvalue weighted by molar-refractivity contribution is -0.394. The maximum atomic E-state index is 12.1. The van der Waals surface area contributed by atoms with Gasteiger partial charge in [-0.05, 0) is 17.0 Å². The lowest BCUT2D eigenvalue weighted by Gasteiger charge is -2.04. The Morgan fingerprint density at radius 1 is 1.04 bits per heavy atom. The van der Waals surface area contributed by atoms with Crippen molar-refractivity contribution in [3.63, 3.8) is 0 Å². The van der Waals surface area contributed by atoms with Crippen molar-refractivity contribution in [1.29, 1.82) is 0 Å². The van der Waals surface area contributed by atoms with Crippen LogP contribution in [0.4, 0.5) is 11.4 Å². The molecule has 1 N–H and O–H groups in total. The highest BCUT2D eigenvalue weighted by Gasteiger charge is 2.19. The Bertz CT molecular complexity index is 843. The molecule has 0 aromatic heterocycles. The van der Waals surface area contributed by atoms with E-state index in [2.05, 4.69) is 24.4 Å². The minimum absolute atomic E-state index is 0.224. The van der Waals surface area contributed by atoms with Crippen molar-refractivity contribution in [1.82, 2.24) is 5.43 Å². The number of hydrogen-bond acceptors (Lipinski definition) is 6. The van der Waals surface area contributed by atoms with Crippen molar-refractivity contribution in [2.24, 2.45) is 5.10 Å². The lowest BCUT2D eigenvalue weighted by Crippen LogP contribution is -2.18. The normalized spacial score (nSPS) is 10.9. The van der Waals surface area contributed by atoms with Gasteiger partial charge in [-0.15, -0.1) is 0 Å². The molecule has 0 bridgehead atoms. The summed E-state index contributed by atoms with van der Waals surface area (Å²) in [5.74, 6) is -0.391. The third-order valence-corrected chi connectivity index (χ3v) is 3.57. The van der Waals surface area contributed by atoms with E-state index in [0.717, 1.165) is 29.3 Å². The summed E-state index contributed by atoms with van der Waals surface area (Å²) in [7, 11) is 0. The highest BCUT2D eigenvalue weighted by atomic mass is 16.6. The van der Waals surface area contributed by atoms with Gasteiger partial charge in [-0.2, -0.15) is 5.10 Å². The first-order valence-electron chi connectivity index (χ1n) is 7.65. The fourth-order valence-electron chi connectivity index (χ4n) is 2.13. The van der Waals surface area contributed by atoms with Crippen LogP contribution in [-0.4, -0.2) is 22.0 Å². The molecule has 0 fully saturated rings. The predicted octanol–water partition coefficient (Wildman–Crippen LogP) is 3.39. The van der Waals surface area contributed by atoms with E-state index in [4.69, 9.17) is 0 Å². The molecule has 0 heterocycles. The summed E-state index contributed by atoms with van der Waals surface area (Å²) in [5.41, 5.74) is 2.80. The topological polar surface area (TPSA) is 128 Å². The summed E-state index contributed by atoms with van der Waals surface area (Å²) in [6.45, 7) is 4.14. The van der Waals surface area contributed by atoms with Crippen molar-refractivity contribution >= 4 is 23.5 Å². The summed E-state index contributed by atoms with van der Waals surface area (Å²) in [5, 5.41) is 25.5. The van der Waals surface area contributed by atoms with Crippen molar-refractivity contribution in [2.75, 3.05) is 0 Å². The Morgan fingerprint density at radius 3 is 2.04 bits per heavy atom. The molecule has 0 unspecified atom stereocenters. The molecular formula is C17H16N4O5. The number of nitrogens with one attached hydrogen (secondary N) is 1. The van der Waals surface area contributed by atoms with Gasteiger partial charge in [-0.1, -0.05) is 38.1 Å². The highest BCUT2D eigenvalue weighted by molar-refractivity contribution is 5.96. The minimum atomic E-state index is -0.802. The molecule has 9 heteroatoms. The maximum absolute atomic E-state index is 12.1. The number of nitro groups is 2. The van der Waals surface area contributed by atoms with Gasteiger partial charge < -0.3 is 0 Å². The fourth-order valence-corrected chi connectivity index (χ4v) is 2.13. The maximum Gasteiger partial charge on any atom is 0.277 e. The molecule has 134 valence electrons. The minimum Gasteiger partial charge on any atom is -0.267 e. The summed E-state index contributed by atoms with van der Waals surface area (Å²) in [4.78, 5) is 32.1. The van der Waals surface area contributed by atoms with Crippen LogP contribution in [0.15, 0.2) is 47.6 Å². The zero-order valence-electron chi connectivity index (χ0n) is 14.1. The fraction of sp³-hybridized carbons (Fsp3) is 0.176. The second-order valence-corrected chi connectivity index (χ2v) is 5.77. The number of hydrogen-bond donors (Lipinski definition) is 1. The van der Waals surface area contributed by atoms with Gasteiger partial charge in [0.15, 0.2) is 0 Å². The summed E-state index contributed by atoms with van der Waals surface area (Å²) < 4.78 is 0. The van der Waals surface area contributed by atoms with Crippen LogP contribution in [0, 0.1) is 20.2 Å². The standard InChI is InChI=1S/C17H16N4O5/c1-11(2)13-5-3-12(4-6-13)10-18-19-17(22)14-7-15(20(23)24)9-16(8-14)21(25)26/h3-11H,1-2H3,(H,19,22)/b18-10+. The Morgan fingerprint density at radius 2 is 1.58 bits per heavy atom. The third-order valence-electron chi connectivity index (χ3n) is 3.57. The van der Waals surface area contributed by atoms with Crippen molar-refractivity contribution < 1.29 is 14.6 Å². The SMILES string of the molecule is CC(C)c1ccc(/C=N/NC(=O)c2cc([N+](=O)[O-])cc([N+](=O)[O-])c2)cc1. The van der Waals surface area contributed by atoms with Gasteiger partial charge in [-0.25, -0.2) is 5.43 Å². The van der Waals surface area contributed by atoms with Crippen LogP contribution in [-0.2, 0) is 0 Å². The molecule has 0 aliphatic heterocycles.